The van der Waals surface area contributed by atoms with Gasteiger partial charge in [0, 0.05) is 29.7 Å². The van der Waals surface area contributed by atoms with Gasteiger partial charge in [-0.25, -0.2) is 13.2 Å². The molecule has 0 radical (unpaired) electrons. The standard InChI is InChI=1S/C23H26N2O5S2/c1-30-23(27)18-7-3-5-9-21(18)32(28,29)25-13-10-16(11-14-25)22(26)24-19-12-15-31-20-8-4-2-6-17(19)20/h2-9,16,19H,10-15H2,1H3,(H,24,26). The number of piperidine rings is 1. The lowest BCUT2D eigenvalue weighted by atomic mass is 9.95. The number of sulfonamides is 1. The Bertz CT molecular complexity index is 1110. The number of ether oxygens (including phenoxy) is 1. The van der Waals surface area contributed by atoms with Gasteiger partial charge in [0.2, 0.25) is 15.9 Å². The van der Waals surface area contributed by atoms with Crippen LogP contribution in [0.5, 0.6) is 0 Å². The fourth-order valence-corrected chi connectivity index (χ4v) is 7.02. The first-order valence-corrected chi connectivity index (χ1v) is 13.0. The van der Waals surface area contributed by atoms with Crippen molar-refractivity contribution in [1.29, 1.82) is 0 Å². The van der Waals surface area contributed by atoms with Crippen molar-refractivity contribution in [1.82, 2.24) is 9.62 Å². The Hall–Kier alpha value is -2.36. The molecule has 0 spiro atoms. The molecular weight excluding hydrogens is 448 g/mol. The van der Waals surface area contributed by atoms with Gasteiger partial charge in [-0.1, -0.05) is 30.3 Å². The lowest BCUT2D eigenvalue weighted by Gasteiger charge is -2.32. The topological polar surface area (TPSA) is 92.8 Å². The van der Waals surface area contributed by atoms with E-state index in [9.17, 15) is 18.0 Å². The average molecular weight is 475 g/mol. The number of thioether (sulfide) groups is 1. The number of benzene rings is 2. The fourth-order valence-electron chi connectivity index (χ4n) is 4.25. The number of esters is 1. The summed E-state index contributed by atoms with van der Waals surface area (Å²) in [4.78, 5) is 26.1. The number of hydrogen-bond donors (Lipinski definition) is 1. The van der Waals surface area contributed by atoms with Gasteiger partial charge in [-0.15, -0.1) is 11.8 Å². The smallest absolute Gasteiger partial charge is 0.339 e. The van der Waals surface area contributed by atoms with E-state index in [4.69, 9.17) is 4.74 Å². The summed E-state index contributed by atoms with van der Waals surface area (Å²) in [6.45, 7) is 0.458. The quantitative estimate of drug-likeness (QED) is 0.669. The van der Waals surface area contributed by atoms with Crippen molar-refractivity contribution >= 4 is 33.7 Å². The first-order valence-electron chi connectivity index (χ1n) is 10.6. The molecule has 9 heteroatoms. The van der Waals surface area contributed by atoms with E-state index in [0.29, 0.717) is 12.8 Å². The summed E-state index contributed by atoms with van der Waals surface area (Å²) < 4.78 is 32.4. The fraction of sp³-hybridized carbons (Fsp3) is 0.391. The number of nitrogens with zero attached hydrogens (tertiary/aromatic N) is 1. The van der Waals surface area contributed by atoms with Gasteiger partial charge in [0.15, 0.2) is 0 Å². The second-order valence-corrected chi connectivity index (χ2v) is 10.9. The third-order valence-electron chi connectivity index (χ3n) is 6.01. The number of methoxy groups -OCH3 is 1. The molecule has 2 aromatic carbocycles. The van der Waals surface area contributed by atoms with Crippen molar-refractivity contribution in [2.24, 2.45) is 5.92 Å². The molecular formula is C23H26N2O5S2. The molecule has 0 aliphatic carbocycles. The zero-order valence-electron chi connectivity index (χ0n) is 17.8. The van der Waals surface area contributed by atoms with Crippen LogP contribution in [0.25, 0.3) is 0 Å². The van der Waals surface area contributed by atoms with Crippen LogP contribution < -0.4 is 5.32 Å². The maximum atomic E-state index is 13.2. The summed E-state index contributed by atoms with van der Waals surface area (Å²) in [5.74, 6) is 0.00486. The largest absolute Gasteiger partial charge is 0.465 e. The van der Waals surface area contributed by atoms with Crippen LogP contribution in [0.3, 0.4) is 0 Å². The van der Waals surface area contributed by atoms with Gasteiger partial charge in [-0.05, 0) is 43.0 Å². The van der Waals surface area contributed by atoms with Crippen molar-refractivity contribution in [3.63, 3.8) is 0 Å². The highest BCUT2D eigenvalue weighted by atomic mass is 32.2. The van der Waals surface area contributed by atoms with E-state index in [2.05, 4.69) is 17.4 Å². The molecule has 1 amide bonds. The molecule has 1 fully saturated rings. The number of carbonyl (C=O) groups excluding carboxylic acids is 2. The summed E-state index contributed by atoms with van der Waals surface area (Å²) >= 11 is 1.80. The number of fused-ring (bicyclic) bond motifs is 1. The Balaban J connectivity index is 1.42. The second-order valence-electron chi connectivity index (χ2n) is 7.90. The molecule has 2 heterocycles. The van der Waals surface area contributed by atoms with E-state index in [1.807, 2.05) is 12.1 Å². The molecule has 0 aromatic heterocycles. The Kier molecular flexibility index (Phi) is 6.88. The number of hydrogen-bond acceptors (Lipinski definition) is 6. The first kappa shape index (κ1) is 22.8. The van der Waals surface area contributed by atoms with Crippen molar-refractivity contribution in [2.75, 3.05) is 26.0 Å². The van der Waals surface area contributed by atoms with Crippen LogP contribution in [0.1, 0.15) is 41.2 Å². The maximum Gasteiger partial charge on any atom is 0.339 e. The molecule has 7 nitrogen and oxygen atoms in total. The first-order chi connectivity index (χ1) is 15.4. The van der Waals surface area contributed by atoms with E-state index in [1.54, 1.807) is 23.9 Å². The van der Waals surface area contributed by atoms with Crippen molar-refractivity contribution in [3.8, 4) is 0 Å². The number of rotatable bonds is 5. The summed E-state index contributed by atoms with van der Waals surface area (Å²) in [5.41, 5.74) is 1.17. The van der Waals surface area contributed by atoms with Crippen molar-refractivity contribution < 1.29 is 22.7 Å². The van der Waals surface area contributed by atoms with Crippen molar-refractivity contribution in [3.05, 3.63) is 59.7 Å². The van der Waals surface area contributed by atoms with Crippen molar-refractivity contribution in [2.45, 2.75) is 35.1 Å². The van der Waals surface area contributed by atoms with Gasteiger partial charge in [-0.2, -0.15) is 4.31 Å². The average Bonchev–Trinajstić information content (AvgIpc) is 2.84. The zero-order valence-corrected chi connectivity index (χ0v) is 19.5. The Morgan fingerprint density at radius 2 is 1.72 bits per heavy atom. The van der Waals surface area contributed by atoms with Crippen LogP contribution in [-0.2, 0) is 19.6 Å². The van der Waals surface area contributed by atoms with Crippen LogP contribution in [-0.4, -0.2) is 50.6 Å². The number of carbonyl (C=O) groups is 2. The summed E-state index contributed by atoms with van der Waals surface area (Å²) in [6, 6.07) is 14.2. The minimum absolute atomic E-state index is 0.00588. The zero-order chi connectivity index (χ0) is 22.7. The van der Waals surface area contributed by atoms with E-state index in [1.165, 1.54) is 28.4 Å². The molecule has 32 heavy (non-hydrogen) atoms. The Morgan fingerprint density at radius 3 is 2.47 bits per heavy atom. The molecule has 0 bridgehead atoms. The van der Waals surface area contributed by atoms with Gasteiger partial charge in [-0.3, -0.25) is 4.79 Å². The monoisotopic (exact) mass is 474 g/mol. The lowest BCUT2D eigenvalue weighted by molar-refractivity contribution is -0.126. The third-order valence-corrected chi connectivity index (χ3v) is 9.09. The van der Waals surface area contributed by atoms with Gasteiger partial charge in [0.05, 0.1) is 23.6 Å². The van der Waals surface area contributed by atoms with Gasteiger partial charge < -0.3 is 10.1 Å². The SMILES string of the molecule is COC(=O)c1ccccc1S(=O)(=O)N1CCC(C(=O)NC2CCSc3ccccc32)CC1. The summed E-state index contributed by atoms with van der Waals surface area (Å²) in [6.07, 6.45) is 1.76. The molecule has 2 aliphatic heterocycles. The van der Waals surface area contributed by atoms with E-state index < -0.39 is 16.0 Å². The predicted octanol–water partition coefficient (Wildman–Crippen LogP) is 3.23. The second kappa shape index (κ2) is 9.64. The normalized spacial score (nSPS) is 19.7. The predicted molar refractivity (Wildman–Crippen MR) is 122 cm³/mol. The highest BCUT2D eigenvalue weighted by Crippen LogP contribution is 2.36. The highest BCUT2D eigenvalue weighted by molar-refractivity contribution is 7.99. The van der Waals surface area contributed by atoms with E-state index >= 15 is 0 Å². The minimum atomic E-state index is -3.87. The molecule has 2 aliphatic rings. The van der Waals surface area contributed by atoms with Crippen LogP contribution in [0.4, 0.5) is 0 Å². The van der Waals surface area contributed by atoms with Crippen LogP contribution >= 0.6 is 11.8 Å². The van der Waals surface area contributed by atoms with Crippen LogP contribution in [0.15, 0.2) is 58.3 Å². The summed E-state index contributed by atoms with van der Waals surface area (Å²) in [7, 11) is -2.64. The van der Waals surface area contributed by atoms with Crippen LogP contribution in [0.2, 0.25) is 0 Å². The van der Waals surface area contributed by atoms with E-state index in [0.717, 1.165) is 17.7 Å². The molecule has 1 unspecified atom stereocenters. The molecule has 1 atom stereocenters. The lowest BCUT2D eigenvalue weighted by Crippen LogP contribution is -2.44. The Labute approximate surface area is 192 Å². The molecule has 4 rings (SSSR count). The summed E-state index contributed by atoms with van der Waals surface area (Å²) in [5, 5.41) is 3.18. The van der Waals surface area contributed by atoms with Gasteiger partial charge >= 0.3 is 5.97 Å². The Morgan fingerprint density at radius 1 is 1.03 bits per heavy atom. The van der Waals surface area contributed by atoms with Gasteiger partial charge in [0.1, 0.15) is 0 Å². The maximum absolute atomic E-state index is 13.2. The molecule has 1 N–H and O–H groups in total. The van der Waals surface area contributed by atoms with Gasteiger partial charge in [0.25, 0.3) is 0 Å². The molecule has 0 saturated carbocycles. The molecule has 170 valence electrons. The minimum Gasteiger partial charge on any atom is -0.465 e. The highest BCUT2D eigenvalue weighted by Gasteiger charge is 2.35. The number of nitrogens with one attached hydrogen (secondary N) is 1. The van der Waals surface area contributed by atoms with Crippen LogP contribution in [0, 0.1) is 5.92 Å². The molecule has 1 saturated heterocycles. The number of amides is 1. The third kappa shape index (κ3) is 4.55. The molecule has 2 aromatic rings. The van der Waals surface area contributed by atoms with E-state index in [-0.39, 0.29) is 41.4 Å².